The predicted molar refractivity (Wildman–Crippen MR) is 91.8 cm³/mol. The van der Waals surface area contributed by atoms with Gasteiger partial charge in [-0.2, -0.15) is 0 Å². The third-order valence-electron chi connectivity index (χ3n) is 3.05. The number of aromatic nitrogens is 2. The zero-order chi connectivity index (χ0) is 17.0. The summed E-state index contributed by atoms with van der Waals surface area (Å²) in [6.07, 6.45) is 0.780. The molecule has 1 aromatic carbocycles. The molecule has 1 heterocycles. The van der Waals surface area contributed by atoms with Crippen molar-refractivity contribution in [3.8, 4) is 0 Å². The second-order valence-corrected chi connectivity index (χ2v) is 7.16. The van der Waals surface area contributed by atoms with Crippen LogP contribution < -0.4 is 10.6 Å². The Labute approximate surface area is 139 Å². The van der Waals surface area contributed by atoms with Crippen LogP contribution in [0.5, 0.6) is 0 Å². The number of amides is 2. The maximum absolute atomic E-state index is 12.3. The summed E-state index contributed by atoms with van der Waals surface area (Å²) in [4.78, 5) is 24.3. The number of aryl methyl sites for hydroxylation is 1. The number of benzene rings is 1. The molecule has 2 amide bonds. The maximum atomic E-state index is 12.3. The van der Waals surface area contributed by atoms with E-state index in [1.165, 1.54) is 11.3 Å². The van der Waals surface area contributed by atoms with E-state index in [4.69, 9.17) is 0 Å². The number of nitrogens with one attached hydrogen (secondary N) is 2. The zero-order valence-corrected chi connectivity index (χ0v) is 14.5. The number of hydrogen-bond acceptors (Lipinski definition) is 5. The van der Waals surface area contributed by atoms with E-state index in [1.807, 2.05) is 27.7 Å². The van der Waals surface area contributed by atoms with Crippen LogP contribution in [0.15, 0.2) is 24.3 Å². The van der Waals surface area contributed by atoms with Crippen LogP contribution >= 0.6 is 11.3 Å². The molecule has 2 rings (SSSR count). The van der Waals surface area contributed by atoms with Crippen LogP contribution in [0.3, 0.4) is 0 Å². The number of anilines is 2. The van der Waals surface area contributed by atoms with Crippen molar-refractivity contribution >= 4 is 34.0 Å². The van der Waals surface area contributed by atoms with Gasteiger partial charge in [0.2, 0.25) is 11.0 Å². The van der Waals surface area contributed by atoms with Gasteiger partial charge in [-0.05, 0) is 24.6 Å². The summed E-state index contributed by atoms with van der Waals surface area (Å²) < 4.78 is 0. The zero-order valence-electron chi connectivity index (χ0n) is 13.6. The minimum atomic E-state index is -0.499. The van der Waals surface area contributed by atoms with Crippen molar-refractivity contribution in [2.24, 2.45) is 5.41 Å². The predicted octanol–water partition coefficient (Wildman–Crippen LogP) is 3.34. The van der Waals surface area contributed by atoms with Crippen LogP contribution in [0.25, 0.3) is 0 Å². The van der Waals surface area contributed by atoms with Gasteiger partial charge in [-0.25, -0.2) is 0 Å². The number of carbonyl (C=O) groups excluding carboxylic acids is 2. The van der Waals surface area contributed by atoms with Crippen molar-refractivity contribution in [3.63, 3.8) is 0 Å². The lowest BCUT2D eigenvalue weighted by molar-refractivity contribution is -0.123. The van der Waals surface area contributed by atoms with E-state index in [1.54, 1.807) is 24.3 Å². The second kappa shape index (κ2) is 6.87. The number of nitrogens with zero attached hydrogens (tertiary/aromatic N) is 2. The molecular formula is C16H20N4O2S. The molecule has 6 nitrogen and oxygen atoms in total. The highest BCUT2D eigenvalue weighted by Gasteiger charge is 2.21. The average molecular weight is 332 g/mol. The minimum Gasteiger partial charge on any atom is -0.326 e. The summed E-state index contributed by atoms with van der Waals surface area (Å²) in [5, 5.41) is 14.7. The van der Waals surface area contributed by atoms with Crippen molar-refractivity contribution in [3.05, 3.63) is 34.8 Å². The molecule has 7 heteroatoms. The summed E-state index contributed by atoms with van der Waals surface area (Å²) in [6.45, 7) is 7.48. The van der Waals surface area contributed by atoms with Gasteiger partial charge in [0.05, 0.1) is 0 Å². The molecular weight excluding hydrogens is 312 g/mol. The highest BCUT2D eigenvalue weighted by molar-refractivity contribution is 7.15. The minimum absolute atomic E-state index is 0.105. The topological polar surface area (TPSA) is 84.0 Å². The molecule has 0 saturated carbocycles. The molecule has 0 saturated heterocycles. The molecule has 0 bridgehead atoms. The molecule has 0 atom stereocenters. The lowest BCUT2D eigenvalue weighted by Crippen LogP contribution is -2.27. The summed E-state index contributed by atoms with van der Waals surface area (Å²) in [6, 6.07) is 6.80. The van der Waals surface area contributed by atoms with Gasteiger partial charge in [-0.15, -0.1) is 10.2 Å². The molecule has 122 valence electrons. The molecule has 0 unspecified atom stereocenters. The van der Waals surface area contributed by atoms with Crippen LogP contribution in [0.1, 0.15) is 43.1 Å². The number of rotatable bonds is 4. The Morgan fingerprint density at radius 2 is 1.91 bits per heavy atom. The van der Waals surface area contributed by atoms with E-state index in [2.05, 4.69) is 20.8 Å². The van der Waals surface area contributed by atoms with Gasteiger partial charge < -0.3 is 5.32 Å². The first-order chi connectivity index (χ1) is 10.8. The summed E-state index contributed by atoms with van der Waals surface area (Å²) in [7, 11) is 0. The molecule has 1 aromatic heterocycles. The fourth-order valence-corrected chi connectivity index (χ4v) is 2.35. The largest absolute Gasteiger partial charge is 0.326 e. The van der Waals surface area contributed by atoms with E-state index in [-0.39, 0.29) is 11.8 Å². The van der Waals surface area contributed by atoms with Gasteiger partial charge in [0.25, 0.3) is 5.91 Å². The van der Waals surface area contributed by atoms with Crippen molar-refractivity contribution in [1.82, 2.24) is 10.2 Å². The summed E-state index contributed by atoms with van der Waals surface area (Å²) >= 11 is 1.35. The van der Waals surface area contributed by atoms with Crippen LogP contribution in [-0.2, 0) is 11.2 Å². The van der Waals surface area contributed by atoms with E-state index >= 15 is 0 Å². The highest BCUT2D eigenvalue weighted by Crippen LogP contribution is 2.20. The molecule has 0 fully saturated rings. The molecule has 23 heavy (non-hydrogen) atoms. The van der Waals surface area contributed by atoms with Gasteiger partial charge in [0, 0.05) is 16.7 Å². The Balaban J connectivity index is 2.09. The Hall–Kier alpha value is -2.28. The van der Waals surface area contributed by atoms with Crippen molar-refractivity contribution in [2.45, 2.75) is 34.1 Å². The van der Waals surface area contributed by atoms with Crippen molar-refractivity contribution in [2.75, 3.05) is 10.6 Å². The van der Waals surface area contributed by atoms with E-state index in [0.29, 0.717) is 16.4 Å². The fourth-order valence-electron chi connectivity index (χ4n) is 1.67. The monoisotopic (exact) mass is 332 g/mol. The van der Waals surface area contributed by atoms with E-state index < -0.39 is 5.41 Å². The molecule has 0 spiro atoms. The van der Waals surface area contributed by atoms with E-state index in [0.717, 1.165) is 11.4 Å². The standard InChI is InChI=1S/C16H20N4O2S/c1-5-12-19-20-15(23-12)18-13(21)10-7-6-8-11(9-10)17-14(22)16(2,3)4/h6-9H,5H2,1-4H3,(H,17,22)(H,18,20,21). The Kier molecular flexibility index (Phi) is 5.10. The molecule has 0 aliphatic rings. The first-order valence-electron chi connectivity index (χ1n) is 7.35. The Morgan fingerprint density at radius 3 is 2.52 bits per heavy atom. The first kappa shape index (κ1) is 17.1. The van der Waals surface area contributed by atoms with Crippen molar-refractivity contribution in [1.29, 1.82) is 0 Å². The number of carbonyl (C=O) groups is 2. The second-order valence-electron chi connectivity index (χ2n) is 6.09. The fraction of sp³-hybridized carbons (Fsp3) is 0.375. The highest BCUT2D eigenvalue weighted by atomic mass is 32.1. The quantitative estimate of drug-likeness (QED) is 0.899. The third-order valence-corrected chi connectivity index (χ3v) is 4.04. The summed E-state index contributed by atoms with van der Waals surface area (Å²) in [5.74, 6) is -0.387. The molecule has 2 N–H and O–H groups in total. The summed E-state index contributed by atoms with van der Waals surface area (Å²) in [5.41, 5.74) is 0.538. The van der Waals surface area contributed by atoms with Crippen LogP contribution in [0.4, 0.5) is 10.8 Å². The normalized spacial score (nSPS) is 11.1. The van der Waals surface area contributed by atoms with Gasteiger partial charge in [-0.3, -0.25) is 14.9 Å². The third kappa shape index (κ3) is 4.59. The molecule has 0 radical (unpaired) electrons. The molecule has 2 aromatic rings. The maximum Gasteiger partial charge on any atom is 0.257 e. The lowest BCUT2D eigenvalue weighted by atomic mass is 9.95. The van der Waals surface area contributed by atoms with Gasteiger partial charge in [0.1, 0.15) is 5.01 Å². The van der Waals surface area contributed by atoms with Gasteiger partial charge in [0.15, 0.2) is 0 Å². The van der Waals surface area contributed by atoms with Gasteiger partial charge in [-0.1, -0.05) is 45.1 Å². The van der Waals surface area contributed by atoms with E-state index in [9.17, 15) is 9.59 Å². The van der Waals surface area contributed by atoms with Crippen molar-refractivity contribution < 1.29 is 9.59 Å². The molecule has 0 aliphatic heterocycles. The first-order valence-corrected chi connectivity index (χ1v) is 8.16. The average Bonchev–Trinajstić information content (AvgIpc) is 2.94. The Morgan fingerprint density at radius 1 is 1.17 bits per heavy atom. The van der Waals surface area contributed by atoms with Gasteiger partial charge >= 0.3 is 0 Å². The number of hydrogen-bond donors (Lipinski definition) is 2. The van der Waals surface area contributed by atoms with Crippen LogP contribution in [0.2, 0.25) is 0 Å². The van der Waals surface area contributed by atoms with Crippen LogP contribution in [-0.4, -0.2) is 22.0 Å². The molecule has 0 aliphatic carbocycles. The van der Waals surface area contributed by atoms with Crippen LogP contribution in [0, 0.1) is 5.41 Å². The Bertz CT molecular complexity index is 719. The SMILES string of the molecule is CCc1nnc(NC(=O)c2cccc(NC(=O)C(C)(C)C)c2)s1. The lowest BCUT2D eigenvalue weighted by Gasteiger charge is -2.17. The smallest absolute Gasteiger partial charge is 0.257 e.